The minimum absolute atomic E-state index is 0.159. The maximum Gasteiger partial charge on any atom is 0.337 e. The molecular formula is C34H36FN5O4. The molecule has 0 unspecified atom stereocenters. The van der Waals surface area contributed by atoms with Crippen LogP contribution in [0.3, 0.4) is 0 Å². The van der Waals surface area contributed by atoms with E-state index in [-0.39, 0.29) is 30.2 Å². The van der Waals surface area contributed by atoms with E-state index >= 15 is 0 Å². The van der Waals surface area contributed by atoms with Gasteiger partial charge in [0.2, 0.25) is 0 Å². The molecule has 2 aromatic heterocycles. The van der Waals surface area contributed by atoms with E-state index in [0.717, 1.165) is 77.8 Å². The van der Waals surface area contributed by atoms with Crippen LogP contribution in [-0.2, 0) is 36.2 Å². The lowest BCUT2D eigenvalue weighted by atomic mass is 9.89. The van der Waals surface area contributed by atoms with Gasteiger partial charge in [-0.2, -0.15) is 5.10 Å². The Morgan fingerprint density at radius 2 is 1.89 bits per heavy atom. The molecule has 10 heteroatoms. The molecule has 0 aliphatic carbocycles. The number of halogens is 1. The summed E-state index contributed by atoms with van der Waals surface area (Å²) in [6, 6.07) is 16.8. The molecule has 2 fully saturated rings. The Morgan fingerprint density at radius 1 is 1.05 bits per heavy atom. The standard InChI is InChI=1S/C34H36FN5O4/c1-38-30-15-22(3-4-26(30)18-36-38)21-44-32-17-24(5-7-28(32)35)23-9-12-39(13-10-23)20-33-37-29-8-6-25(34(41)42-2)16-31(29)40(33)19-27-11-14-43-27/h3-8,15-18,23,27H,9-14,19-21H2,1-2H3/t27-/m0/s1. The summed E-state index contributed by atoms with van der Waals surface area (Å²) in [5, 5.41) is 5.35. The molecule has 5 aromatic rings. The molecule has 2 aliphatic heterocycles. The lowest BCUT2D eigenvalue weighted by Crippen LogP contribution is -2.35. The Bertz CT molecular complexity index is 1820. The quantitative estimate of drug-likeness (QED) is 0.205. The van der Waals surface area contributed by atoms with Gasteiger partial charge in [-0.1, -0.05) is 18.2 Å². The van der Waals surface area contributed by atoms with Crippen LogP contribution in [0, 0.1) is 5.82 Å². The van der Waals surface area contributed by atoms with Crippen molar-refractivity contribution in [1.82, 2.24) is 24.2 Å². The van der Waals surface area contributed by atoms with E-state index in [1.165, 1.54) is 13.2 Å². The molecule has 0 spiro atoms. The maximum atomic E-state index is 14.8. The highest BCUT2D eigenvalue weighted by Gasteiger charge is 2.26. The summed E-state index contributed by atoms with van der Waals surface area (Å²) >= 11 is 0. The largest absolute Gasteiger partial charge is 0.486 e. The van der Waals surface area contributed by atoms with Gasteiger partial charge >= 0.3 is 5.97 Å². The molecule has 4 heterocycles. The molecule has 1 atom stereocenters. The molecule has 0 bridgehead atoms. The second-order valence-corrected chi connectivity index (χ2v) is 11.8. The molecule has 228 valence electrons. The summed E-state index contributed by atoms with van der Waals surface area (Å²) in [7, 11) is 3.30. The van der Waals surface area contributed by atoms with E-state index in [0.29, 0.717) is 24.6 Å². The van der Waals surface area contributed by atoms with Gasteiger partial charge in [-0.25, -0.2) is 14.2 Å². The zero-order valence-corrected chi connectivity index (χ0v) is 25.0. The Morgan fingerprint density at radius 3 is 2.66 bits per heavy atom. The van der Waals surface area contributed by atoms with Crippen molar-refractivity contribution in [2.45, 2.75) is 51.0 Å². The summed E-state index contributed by atoms with van der Waals surface area (Å²) in [6.45, 7) is 4.29. The molecule has 2 saturated heterocycles. The van der Waals surface area contributed by atoms with Gasteiger partial charge in [-0.05, 0) is 85.8 Å². The minimum Gasteiger partial charge on any atom is -0.486 e. The molecule has 9 nitrogen and oxygen atoms in total. The predicted molar refractivity (Wildman–Crippen MR) is 164 cm³/mol. The van der Waals surface area contributed by atoms with Crippen molar-refractivity contribution in [3.8, 4) is 5.75 Å². The SMILES string of the molecule is COC(=O)c1ccc2nc(CN3CCC(c4ccc(F)c(OCc5ccc6cnn(C)c6c5)c4)CC3)n(C[C@@H]3CCO3)c2c1. The third kappa shape index (κ3) is 5.67. The fourth-order valence-electron chi connectivity index (χ4n) is 6.32. The lowest BCUT2D eigenvalue weighted by Gasteiger charge is -2.33. The first-order chi connectivity index (χ1) is 21.4. The van der Waals surface area contributed by atoms with Crippen molar-refractivity contribution in [3.05, 3.63) is 89.1 Å². The zero-order valence-electron chi connectivity index (χ0n) is 25.0. The molecule has 0 amide bonds. The number of imidazole rings is 1. The monoisotopic (exact) mass is 597 g/mol. The number of rotatable bonds is 9. The summed E-state index contributed by atoms with van der Waals surface area (Å²) in [6.07, 6.45) is 4.93. The molecule has 2 aliphatic rings. The normalized spacial score (nSPS) is 17.7. The smallest absolute Gasteiger partial charge is 0.337 e. The summed E-state index contributed by atoms with van der Waals surface area (Å²) in [5.41, 5.74) is 5.39. The van der Waals surface area contributed by atoms with Gasteiger partial charge in [0.1, 0.15) is 12.4 Å². The van der Waals surface area contributed by atoms with Crippen LogP contribution in [0.2, 0.25) is 0 Å². The van der Waals surface area contributed by atoms with E-state index in [1.807, 2.05) is 60.4 Å². The number of likely N-dealkylation sites (tertiary alicyclic amines) is 1. The zero-order chi connectivity index (χ0) is 30.2. The highest BCUT2D eigenvalue weighted by Crippen LogP contribution is 2.33. The summed E-state index contributed by atoms with van der Waals surface area (Å²) < 4.78 is 35.4. The first-order valence-corrected chi connectivity index (χ1v) is 15.2. The van der Waals surface area contributed by atoms with Crippen molar-refractivity contribution in [2.24, 2.45) is 7.05 Å². The lowest BCUT2D eigenvalue weighted by molar-refractivity contribution is -0.0592. The van der Waals surface area contributed by atoms with Gasteiger partial charge in [0.15, 0.2) is 11.6 Å². The van der Waals surface area contributed by atoms with Crippen LogP contribution in [0.5, 0.6) is 5.75 Å². The van der Waals surface area contributed by atoms with Crippen LogP contribution in [0.1, 0.15) is 52.5 Å². The van der Waals surface area contributed by atoms with E-state index in [4.69, 9.17) is 19.2 Å². The minimum atomic E-state index is -0.358. The number of nitrogens with zero attached hydrogens (tertiary/aromatic N) is 5. The number of ether oxygens (including phenoxy) is 3. The van der Waals surface area contributed by atoms with Crippen molar-refractivity contribution in [3.63, 3.8) is 0 Å². The van der Waals surface area contributed by atoms with Gasteiger partial charge in [0, 0.05) is 19.0 Å². The molecule has 44 heavy (non-hydrogen) atoms. The highest BCUT2D eigenvalue weighted by atomic mass is 19.1. The molecule has 7 rings (SSSR count). The number of hydrogen-bond donors (Lipinski definition) is 0. The van der Waals surface area contributed by atoms with Gasteiger partial charge in [0.25, 0.3) is 0 Å². The molecular weight excluding hydrogens is 561 g/mol. The molecule has 0 N–H and O–H groups in total. The molecule has 3 aromatic carbocycles. The van der Waals surface area contributed by atoms with Crippen LogP contribution in [0.4, 0.5) is 4.39 Å². The number of esters is 1. The van der Waals surface area contributed by atoms with Crippen molar-refractivity contribution < 1.29 is 23.4 Å². The Kier molecular flexibility index (Phi) is 7.78. The van der Waals surface area contributed by atoms with Gasteiger partial charge in [-0.15, -0.1) is 0 Å². The van der Waals surface area contributed by atoms with Crippen molar-refractivity contribution in [2.75, 3.05) is 26.8 Å². The van der Waals surface area contributed by atoms with E-state index in [1.54, 1.807) is 6.07 Å². The van der Waals surface area contributed by atoms with Crippen LogP contribution in [-0.4, -0.2) is 63.1 Å². The van der Waals surface area contributed by atoms with Crippen LogP contribution in [0.15, 0.2) is 60.8 Å². The third-order valence-corrected chi connectivity index (χ3v) is 9.02. The number of hydrogen-bond acceptors (Lipinski definition) is 7. The average Bonchev–Trinajstić information content (AvgIpc) is 3.57. The fraction of sp³-hybridized carbons (Fsp3) is 0.382. The number of methoxy groups -OCH3 is 1. The van der Waals surface area contributed by atoms with Gasteiger partial charge in [-0.3, -0.25) is 9.58 Å². The molecule has 0 radical (unpaired) electrons. The first-order valence-electron chi connectivity index (χ1n) is 15.2. The Hall–Kier alpha value is -4.28. The van der Waals surface area contributed by atoms with Crippen LogP contribution in [0.25, 0.3) is 21.9 Å². The fourth-order valence-corrected chi connectivity index (χ4v) is 6.32. The van der Waals surface area contributed by atoms with Crippen molar-refractivity contribution in [1.29, 1.82) is 0 Å². The average molecular weight is 598 g/mol. The maximum absolute atomic E-state index is 14.8. The second kappa shape index (κ2) is 12.0. The number of aromatic nitrogens is 4. The van der Waals surface area contributed by atoms with E-state index in [2.05, 4.69) is 14.6 Å². The Labute approximate surface area is 255 Å². The van der Waals surface area contributed by atoms with E-state index < -0.39 is 0 Å². The van der Waals surface area contributed by atoms with E-state index in [9.17, 15) is 9.18 Å². The molecule has 0 saturated carbocycles. The van der Waals surface area contributed by atoms with Gasteiger partial charge in [0.05, 0.1) is 54.6 Å². The summed E-state index contributed by atoms with van der Waals surface area (Å²) in [5.74, 6) is 0.872. The third-order valence-electron chi connectivity index (χ3n) is 9.02. The van der Waals surface area contributed by atoms with Gasteiger partial charge < -0.3 is 18.8 Å². The van der Waals surface area contributed by atoms with Crippen LogP contribution < -0.4 is 4.74 Å². The van der Waals surface area contributed by atoms with Crippen molar-refractivity contribution >= 4 is 27.9 Å². The van der Waals surface area contributed by atoms with Crippen LogP contribution >= 0.6 is 0 Å². The number of aryl methyl sites for hydroxylation is 1. The first kappa shape index (κ1) is 28.5. The summed E-state index contributed by atoms with van der Waals surface area (Å²) in [4.78, 5) is 19.6. The number of carbonyl (C=O) groups excluding carboxylic acids is 1. The second-order valence-electron chi connectivity index (χ2n) is 11.8. The number of fused-ring (bicyclic) bond motifs is 2. The number of carbonyl (C=O) groups is 1. The topological polar surface area (TPSA) is 83.6 Å². The Balaban J connectivity index is 1.02. The number of piperidine rings is 1. The highest BCUT2D eigenvalue weighted by molar-refractivity contribution is 5.93. The number of benzene rings is 3. The predicted octanol–water partition coefficient (Wildman–Crippen LogP) is 5.60.